The Morgan fingerprint density at radius 2 is 2.16 bits per heavy atom. The molecule has 1 aromatic heterocycles. The van der Waals surface area contributed by atoms with Gasteiger partial charge in [0.25, 0.3) is 5.91 Å². The molecular formula is C13H22N4O2. The lowest BCUT2D eigenvalue weighted by molar-refractivity contribution is 0.0238. The van der Waals surface area contributed by atoms with E-state index in [2.05, 4.69) is 27.4 Å². The van der Waals surface area contributed by atoms with Gasteiger partial charge in [0.2, 0.25) is 5.82 Å². The Balaban J connectivity index is 1.89. The zero-order valence-electron chi connectivity index (χ0n) is 11.8. The van der Waals surface area contributed by atoms with Crippen molar-refractivity contribution in [3.8, 4) is 0 Å². The van der Waals surface area contributed by atoms with E-state index in [0.29, 0.717) is 6.54 Å². The Kier molecular flexibility index (Phi) is 4.19. The van der Waals surface area contributed by atoms with Crippen LogP contribution in [-0.2, 0) is 4.74 Å². The molecule has 1 aliphatic rings. The van der Waals surface area contributed by atoms with Crippen molar-refractivity contribution in [2.45, 2.75) is 39.5 Å². The smallest absolute Gasteiger partial charge is 0.290 e. The van der Waals surface area contributed by atoms with E-state index in [4.69, 9.17) is 4.74 Å². The van der Waals surface area contributed by atoms with Crippen molar-refractivity contribution in [2.75, 3.05) is 19.8 Å². The number of hydrogen-bond acceptors (Lipinski definition) is 4. The monoisotopic (exact) mass is 266 g/mol. The average molecular weight is 266 g/mol. The van der Waals surface area contributed by atoms with Crippen LogP contribution in [0.1, 0.15) is 56.0 Å². The maximum atomic E-state index is 12.0. The minimum Gasteiger partial charge on any atom is -0.381 e. The number of hydrogen-bond donors (Lipinski definition) is 2. The summed E-state index contributed by atoms with van der Waals surface area (Å²) in [6, 6.07) is 0. The fraction of sp³-hybridized carbons (Fsp3) is 0.769. The van der Waals surface area contributed by atoms with Gasteiger partial charge in [-0.05, 0) is 18.3 Å². The van der Waals surface area contributed by atoms with Gasteiger partial charge in [-0.25, -0.2) is 4.98 Å². The zero-order chi connectivity index (χ0) is 13.9. The molecule has 6 heteroatoms. The third-order valence-electron chi connectivity index (χ3n) is 3.63. The van der Waals surface area contributed by atoms with E-state index >= 15 is 0 Å². The predicted molar refractivity (Wildman–Crippen MR) is 71.0 cm³/mol. The van der Waals surface area contributed by atoms with E-state index in [9.17, 15) is 4.79 Å². The molecule has 2 heterocycles. The van der Waals surface area contributed by atoms with E-state index in [1.165, 1.54) is 0 Å². The first-order chi connectivity index (χ1) is 9.00. The molecule has 0 radical (unpaired) electrons. The van der Waals surface area contributed by atoms with Gasteiger partial charge in [-0.1, -0.05) is 20.8 Å². The van der Waals surface area contributed by atoms with Gasteiger partial charge in [0.05, 0.1) is 0 Å². The molecular weight excluding hydrogens is 244 g/mol. The van der Waals surface area contributed by atoms with Crippen molar-refractivity contribution >= 4 is 5.91 Å². The van der Waals surface area contributed by atoms with Gasteiger partial charge in [0.15, 0.2) is 0 Å². The summed E-state index contributed by atoms with van der Waals surface area (Å²) >= 11 is 0. The summed E-state index contributed by atoms with van der Waals surface area (Å²) in [6.45, 7) is 8.36. The first-order valence-corrected chi connectivity index (χ1v) is 6.78. The van der Waals surface area contributed by atoms with Gasteiger partial charge in [-0.15, -0.1) is 5.10 Å². The molecule has 2 rings (SSSR count). The van der Waals surface area contributed by atoms with Crippen LogP contribution in [-0.4, -0.2) is 40.8 Å². The Hall–Kier alpha value is -1.43. The molecule has 6 nitrogen and oxygen atoms in total. The number of ether oxygens (including phenoxy) is 1. The summed E-state index contributed by atoms with van der Waals surface area (Å²) in [5.41, 5.74) is 0.116. The molecule has 0 aliphatic carbocycles. The molecule has 1 aliphatic heterocycles. The Bertz CT molecular complexity index is 436. The van der Waals surface area contributed by atoms with E-state index < -0.39 is 0 Å². The second-order valence-corrected chi connectivity index (χ2v) is 5.80. The van der Waals surface area contributed by atoms with Gasteiger partial charge < -0.3 is 10.1 Å². The number of aromatic amines is 1. The average Bonchev–Trinajstić information content (AvgIpc) is 2.87. The lowest BCUT2D eigenvalue weighted by Crippen LogP contribution is -2.39. The van der Waals surface area contributed by atoms with E-state index in [1.54, 1.807) is 0 Å². The Labute approximate surface area is 113 Å². The summed E-state index contributed by atoms with van der Waals surface area (Å²) in [5.74, 6) is 0.986. The standard InChI is InChI=1S/C13H22N4O2/c1-9(2)10-15-11(17-16-10)12(18)14-8-13(3)4-6-19-7-5-13/h9H,4-8H2,1-3H3,(H,14,18)(H,15,16,17). The minimum atomic E-state index is -0.212. The fourth-order valence-corrected chi connectivity index (χ4v) is 2.05. The highest BCUT2D eigenvalue weighted by Gasteiger charge is 2.28. The van der Waals surface area contributed by atoms with Crippen LogP contribution in [0.3, 0.4) is 0 Å². The normalized spacial score (nSPS) is 18.5. The van der Waals surface area contributed by atoms with E-state index in [-0.39, 0.29) is 23.1 Å². The highest BCUT2D eigenvalue weighted by atomic mass is 16.5. The summed E-state index contributed by atoms with van der Waals surface area (Å²) in [5, 5.41) is 9.66. The molecule has 19 heavy (non-hydrogen) atoms. The lowest BCUT2D eigenvalue weighted by Gasteiger charge is -2.33. The number of nitrogens with one attached hydrogen (secondary N) is 2. The summed E-state index contributed by atoms with van der Waals surface area (Å²) in [4.78, 5) is 16.2. The highest BCUT2D eigenvalue weighted by molar-refractivity contribution is 5.90. The van der Waals surface area contributed by atoms with Crippen molar-refractivity contribution < 1.29 is 9.53 Å². The second kappa shape index (κ2) is 5.69. The second-order valence-electron chi connectivity index (χ2n) is 5.80. The maximum absolute atomic E-state index is 12.0. The molecule has 106 valence electrons. The van der Waals surface area contributed by atoms with Gasteiger partial charge in [-0.3, -0.25) is 9.89 Å². The van der Waals surface area contributed by atoms with Gasteiger partial charge in [0, 0.05) is 25.7 Å². The van der Waals surface area contributed by atoms with Crippen molar-refractivity contribution in [2.24, 2.45) is 5.41 Å². The van der Waals surface area contributed by atoms with E-state index in [1.807, 2.05) is 13.8 Å². The van der Waals surface area contributed by atoms with Crippen LogP contribution in [0.4, 0.5) is 0 Å². The van der Waals surface area contributed by atoms with Gasteiger partial charge in [0.1, 0.15) is 5.82 Å². The van der Waals surface area contributed by atoms with E-state index in [0.717, 1.165) is 31.9 Å². The maximum Gasteiger partial charge on any atom is 0.290 e. The number of H-pyrrole nitrogens is 1. The molecule has 1 aromatic rings. The highest BCUT2D eigenvalue weighted by Crippen LogP contribution is 2.28. The molecule has 1 amide bonds. The van der Waals surface area contributed by atoms with Crippen LogP contribution in [0, 0.1) is 5.41 Å². The van der Waals surface area contributed by atoms with Gasteiger partial charge >= 0.3 is 0 Å². The number of nitrogens with zero attached hydrogens (tertiary/aromatic N) is 2. The Morgan fingerprint density at radius 3 is 2.74 bits per heavy atom. The number of carbonyl (C=O) groups excluding carboxylic acids is 1. The molecule has 0 atom stereocenters. The van der Waals surface area contributed by atoms with Crippen LogP contribution in [0.2, 0.25) is 0 Å². The third kappa shape index (κ3) is 3.53. The molecule has 0 bridgehead atoms. The number of aromatic nitrogens is 3. The van der Waals surface area contributed by atoms with Crippen LogP contribution in [0.5, 0.6) is 0 Å². The predicted octanol–water partition coefficient (Wildman–Crippen LogP) is 1.47. The largest absolute Gasteiger partial charge is 0.381 e. The third-order valence-corrected chi connectivity index (χ3v) is 3.63. The van der Waals surface area contributed by atoms with Crippen molar-refractivity contribution in [1.29, 1.82) is 0 Å². The number of amides is 1. The SMILES string of the molecule is CC(C)c1nc(C(=O)NCC2(C)CCOCC2)n[nH]1. The summed E-state index contributed by atoms with van der Waals surface area (Å²) in [7, 11) is 0. The molecule has 0 aromatic carbocycles. The van der Waals surface area contributed by atoms with Crippen molar-refractivity contribution in [3.05, 3.63) is 11.6 Å². The van der Waals surface area contributed by atoms with Crippen LogP contribution in [0.15, 0.2) is 0 Å². The molecule has 0 saturated carbocycles. The van der Waals surface area contributed by atoms with Crippen LogP contribution in [0.25, 0.3) is 0 Å². The topological polar surface area (TPSA) is 79.9 Å². The Morgan fingerprint density at radius 1 is 1.47 bits per heavy atom. The van der Waals surface area contributed by atoms with Crippen LogP contribution >= 0.6 is 0 Å². The van der Waals surface area contributed by atoms with Crippen molar-refractivity contribution in [3.63, 3.8) is 0 Å². The zero-order valence-corrected chi connectivity index (χ0v) is 11.8. The lowest BCUT2D eigenvalue weighted by atomic mass is 9.82. The van der Waals surface area contributed by atoms with Gasteiger partial charge in [-0.2, -0.15) is 0 Å². The molecule has 2 N–H and O–H groups in total. The summed E-state index contributed by atoms with van der Waals surface area (Å²) in [6.07, 6.45) is 1.94. The number of carbonyl (C=O) groups is 1. The van der Waals surface area contributed by atoms with Crippen molar-refractivity contribution in [1.82, 2.24) is 20.5 Å². The minimum absolute atomic E-state index is 0.116. The first kappa shape index (κ1) is 14.0. The van der Waals surface area contributed by atoms with Crippen LogP contribution < -0.4 is 5.32 Å². The quantitative estimate of drug-likeness (QED) is 0.865. The molecule has 1 fully saturated rings. The molecule has 0 unspecified atom stereocenters. The first-order valence-electron chi connectivity index (χ1n) is 6.78. The molecule has 1 saturated heterocycles. The fourth-order valence-electron chi connectivity index (χ4n) is 2.05. The molecule has 0 spiro atoms. The number of rotatable bonds is 4. The summed E-state index contributed by atoms with van der Waals surface area (Å²) < 4.78 is 5.34.